The summed E-state index contributed by atoms with van der Waals surface area (Å²) >= 11 is 1.89. The topological polar surface area (TPSA) is 24.9 Å². The van der Waals surface area contributed by atoms with Gasteiger partial charge in [-0.15, -0.1) is 11.3 Å². The van der Waals surface area contributed by atoms with Gasteiger partial charge in [0.2, 0.25) is 0 Å². The van der Waals surface area contributed by atoms with Gasteiger partial charge in [-0.2, -0.15) is 0 Å². The molecule has 3 heteroatoms. The number of hydrogen-bond donors (Lipinski definition) is 1. The molecule has 2 rings (SSSR count). The van der Waals surface area contributed by atoms with Gasteiger partial charge in [0, 0.05) is 4.88 Å². The van der Waals surface area contributed by atoms with E-state index in [0.717, 1.165) is 11.8 Å². The van der Waals surface area contributed by atoms with Crippen LogP contribution in [0.15, 0.2) is 0 Å². The Balaban J connectivity index is 2.23. The lowest BCUT2D eigenvalue weighted by atomic mass is 9.87. The molecular formula is C16H28N2S. The predicted molar refractivity (Wildman–Crippen MR) is 83.7 cm³/mol. The third-order valence-electron chi connectivity index (χ3n) is 4.98. The van der Waals surface area contributed by atoms with Crippen molar-refractivity contribution in [2.24, 2.45) is 11.8 Å². The highest BCUT2D eigenvalue weighted by molar-refractivity contribution is 7.11. The van der Waals surface area contributed by atoms with Gasteiger partial charge >= 0.3 is 0 Å². The summed E-state index contributed by atoms with van der Waals surface area (Å²) in [6, 6.07) is 0. The molecule has 1 saturated carbocycles. The molecule has 0 aromatic carbocycles. The summed E-state index contributed by atoms with van der Waals surface area (Å²) in [5, 5.41) is 4.94. The summed E-state index contributed by atoms with van der Waals surface area (Å²) in [6.45, 7) is 9.06. The van der Waals surface area contributed by atoms with Crippen LogP contribution >= 0.6 is 11.3 Å². The Morgan fingerprint density at radius 2 is 2.00 bits per heavy atom. The van der Waals surface area contributed by atoms with Gasteiger partial charge in [0.05, 0.1) is 11.2 Å². The van der Waals surface area contributed by atoms with E-state index >= 15 is 0 Å². The van der Waals surface area contributed by atoms with Crippen LogP contribution in [-0.4, -0.2) is 12.0 Å². The smallest absolute Gasteiger partial charge is 0.113 e. The maximum atomic E-state index is 4.84. The summed E-state index contributed by atoms with van der Waals surface area (Å²) in [6.07, 6.45) is 6.50. The average Bonchev–Trinajstić information content (AvgIpc) is 2.62. The average molecular weight is 280 g/mol. The van der Waals surface area contributed by atoms with Crippen molar-refractivity contribution in [1.82, 2.24) is 10.3 Å². The fourth-order valence-corrected chi connectivity index (χ4v) is 4.45. The summed E-state index contributed by atoms with van der Waals surface area (Å²) in [7, 11) is 2.11. The molecule has 19 heavy (non-hydrogen) atoms. The number of nitrogens with one attached hydrogen (secondary N) is 1. The minimum Gasteiger partial charge on any atom is -0.308 e. The van der Waals surface area contributed by atoms with Crippen molar-refractivity contribution in [3.05, 3.63) is 15.6 Å². The second-order valence-corrected chi connectivity index (χ2v) is 7.63. The fraction of sp³-hybridized carbons (Fsp3) is 0.812. The third kappa shape index (κ3) is 3.03. The maximum Gasteiger partial charge on any atom is 0.113 e. The van der Waals surface area contributed by atoms with Crippen LogP contribution in [-0.2, 0) is 5.54 Å². The van der Waals surface area contributed by atoms with Gasteiger partial charge in [-0.1, -0.05) is 26.7 Å². The lowest BCUT2D eigenvalue weighted by molar-refractivity contribution is 0.292. The van der Waals surface area contributed by atoms with Gasteiger partial charge < -0.3 is 5.32 Å². The SMILES string of the molecule is CNC1(c2nc(C)c(C)s2)CCCC(C(C)C)CC1. The fourth-order valence-electron chi connectivity index (χ4n) is 3.28. The Hall–Kier alpha value is -0.410. The van der Waals surface area contributed by atoms with Crippen molar-refractivity contribution in [3.63, 3.8) is 0 Å². The van der Waals surface area contributed by atoms with Crippen molar-refractivity contribution < 1.29 is 0 Å². The van der Waals surface area contributed by atoms with E-state index in [2.05, 4.69) is 40.1 Å². The summed E-state index contributed by atoms with van der Waals surface area (Å²) in [4.78, 5) is 6.21. The van der Waals surface area contributed by atoms with E-state index in [1.807, 2.05) is 11.3 Å². The third-order valence-corrected chi connectivity index (χ3v) is 6.26. The molecule has 108 valence electrons. The predicted octanol–water partition coefficient (Wildman–Crippen LogP) is 4.41. The number of hydrogen-bond acceptors (Lipinski definition) is 3. The summed E-state index contributed by atoms with van der Waals surface area (Å²) in [5.41, 5.74) is 1.34. The standard InChI is InChI=1S/C16H28N2S/c1-11(2)14-7-6-9-16(17-5,10-8-14)15-18-12(3)13(4)19-15/h11,14,17H,6-10H2,1-5H3. The highest BCUT2D eigenvalue weighted by Gasteiger charge is 2.36. The number of thiazole rings is 1. The highest BCUT2D eigenvalue weighted by Crippen LogP contribution is 2.41. The second kappa shape index (κ2) is 5.92. The molecule has 1 N–H and O–H groups in total. The molecule has 2 nitrogen and oxygen atoms in total. The van der Waals surface area contributed by atoms with Crippen molar-refractivity contribution in [2.45, 2.75) is 65.3 Å². The molecule has 0 radical (unpaired) electrons. The quantitative estimate of drug-likeness (QED) is 0.830. The van der Waals surface area contributed by atoms with Gasteiger partial charge in [0.25, 0.3) is 0 Å². The van der Waals surface area contributed by atoms with Gasteiger partial charge in [-0.05, 0) is 52.0 Å². The first-order valence-corrected chi connectivity index (χ1v) is 8.43. The normalized spacial score (nSPS) is 28.6. The van der Waals surface area contributed by atoms with Crippen LogP contribution in [0.5, 0.6) is 0 Å². The van der Waals surface area contributed by atoms with Crippen molar-refractivity contribution in [1.29, 1.82) is 0 Å². The Kier molecular flexibility index (Phi) is 4.67. The van der Waals surface area contributed by atoms with Crippen LogP contribution in [0.3, 0.4) is 0 Å². The molecule has 0 amide bonds. The zero-order chi connectivity index (χ0) is 14.0. The summed E-state index contributed by atoms with van der Waals surface area (Å²) < 4.78 is 0. The number of nitrogens with zero attached hydrogens (tertiary/aromatic N) is 1. The molecule has 2 unspecified atom stereocenters. The Morgan fingerprint density at radius 3 is 2.53 bits per heavy atom. The lowest BCUT2D eigenvalue weighted by Crippen LogP contribution is -2.39. The Bertz CT molecular complexity index is 405. The van der Waals surface area contributed by atoms with Crippen molar-refractivity contribution >= 4 is 11.3 Å². The number of aryl methyl sites for hydroxylation is 2. The van der Waals surface area contributed by atoms with Crippen LogP contribution in [0.25, 0.3) is 0 Å². The first-order valence-electron chi connectivity index (χ1n) is 7.62. The van der Waals surface area contributed by atoms with E-state index in [4.69, 9.17) is 4.98 Å². The molecule has 1 aromatic heterocycles. The van der Waals surface area contributed by atoms with E-state index in [9.17, 15) is 0 Å². The van der Waals surface area contributed by atoms with Gasteiger partial charge in [-0.3, -0.25) is 0 Å². The number of rotatable bonds is 3. The zero-order valence-corrected chi connectivity index (χ0v) is 13.9. The molecule has 0 bridgehead atoms. The largest absolute Gasteiger partial charge is 0.308 e. The van der Waals surface area contributed by atoms with E-state index in [1.54, 1.807) is 0 Å². The number of aromatic nitrogens is 1. The highest BCUT2D eigenvalue weighted by atomic mass is 32.1. The van der Waals surface area contributed by atoms with Crippen LogP contribution in [0.4, 0.5) is 0 Å². The summed E-state index contributed by atoms with van der Waals surface area (Å²) in [5.74, 6) is 1.70. The van der Waals surface area contributed by atoms with Crippen LogP contribution in [0.2, 0.25) is 0 Å². The zero-order valence-electron chi connectivity index (χ0n) is 13.0. The maximum absolute atomic E-state index is 4.84. The van der Waals surface area contributed by atoms with Crippen molar-refractivity contribution in [3.8, 4) is 0 Å². The molecule has 1 aromatic rings. The molecular weight excluding hydrogens is 252 g/mol. The lowest BCUT2D eigenvalue weighted by Gasteiger charge is -2.30. The van der Waals surface area contributed by atoms with Gasteiger partial charge in [0.1, 0.15) is 5.01 Å². The minimum absolute atomic E-state index is 0.132. The van der Waals surface area contributed by atoms with Crippen LogP contribution < -0.4 is 5.32 Å². The molecule has 1 aliphatic rings. The molecule has 1 heterocycles. The molecule has 1 aliphatic carbocycles. The first-order chi connectivity index (χ1) is 8.98. The molecule has 0 aliphatic heterocycles. The molecule has 0 spiro atoms. The van der Waals surface area contributed by atoms with Crippen LogP contribution in [0.1, 0.15) is 61.5 Å². The minimum atomic E-state index is 0.132. The molecule has 0 saturated heterocycles. The second-order valence-electron chi connectivity index (χ2n) is 6.43. The van der Waals surface area contributed by atoms with Gasteiger partial charge in [0.15, 0.2) is 0 Å². The van der Waals surface area contributed by atoms with Gasteiger partial charge in [-0.25, -0.2) is 4.98 Å². The Labute approximate surface area is 122 Å². The van der Waals surface area contributed by atoms with E-state index in [0.29, 0.717) is 0 Å². The molecule has 1 fully saturated rings. The van der Waals surface area contributed by atoms with E-state index in [-0.39, 0.29) is 5.54 Å². The van der Waals surface area contributed by atoms with E-state index < -0.39 is 0 Å². The Morgan fingerprint density at radius 1 is 1.26 bits per heavy atom. The molecule has 2 atom stereocenters. The van der Waals surface area contributed by atoms with Crippen molar-refractivity contribution in [2.75, 3.05) is 7.05 Å². The van der Waals surface area contributed by atoms with E-state index in [1.165, 1.54) is 47.7 Å². The first kappa shape index (κ1) is 15.0. The van der Waals surface area contributed by atoms with Crippen LogP contribution in [0, 0.1) is 25.7 Å². The monoisotopic (exact) mass is 280 g/mol.